The van der Waals surface area contributed by atoms with Gasteiger partial charge in [-0.3, -0.25) is 0 Å². The van der Waals surface area contributed by atoms with Crippen LogP contribution in [0, 0.1) is 0 Å². The second kappa shape index (κ2) is 6.18. The number of aromatic carboxylic acids is 2. The van der Waals surface area contributed by atoms with Gasteiger partial charge < -0.3 is 10.2 Å². The van der Waals surface area contributed by atoms with Crippen LogP contribution < -0.4 is 0 Å². The van der Waals surface area contributed by atoms with Crippen LogP contribution in [0.2, 0.25) is 0 Å². The summed E-state index contributed by atoms with van der Waals surface area (Å²) in [4.78, 5) is 21.4. The first-order valence-electron chi connectivity index (χ1n) is 5.25. The van der Waals surface area contributed by atoms with Crippen molar-refractivity contribution in [2.75, 3.05) is 0 Å². The molecule has 0 saturated carbocycles. The summed E-state index contributed by atoms with van der Waals surface area (Å²) in [6.45, 7) is 0. The Morgan fingerprint density at radius 1 is 0.632 bits per heavy atom. The van der Waals surface area contributed by atoms with Crippen LogP contribution in [0.4, 0.5) is 0 Å². The zero-order valence-electron chi connectivity index (χ0n) is 9.71. The van der Waals surface area contributed by atoms with Crippen LogP contribution in [-0.4, -0.2) is 22.2 Å². The first-order valence-corrected chi connectivity index (χ1v) is 5.25. The van der Waals surface area contributed by atoms with Gasteiger partial charge in [0.2, 0.25) is 0 Å². The van der Waals surface area contributed by atoms with Crippen LogP contribution in [0.15, 0.2) is 48.5 Å². The Labute approximate surface area is 120 Å². The molecule has 0 unspecified atom stereocenters. The maximum Gasteiger partial charge on any atom is 0.335 e. The van der Waals surface area contributed by atoms with E-state index in [9.17, 15) is 9.59 Å². The molecule has 0 aliphatic carbocycles. The van der Waals surface area contributed by atoms with Gasteiger partial charge in [0.15, 0.2) is 0 Å². The Kier molecular flexibility index (Phi) is 4.87. The van der Waals surface area contributed by atoms with E-state index in [2.05, 4.69) is 0 Å². The minimum atomic E-state index is -0.970. The van der Waals surface area contributed by atoms with E-state index >= 15 is 0 Å². The third kappa shape index (κ3) is 3.44. The molecule has 2 aromatic carbocycles. The van der Waals surface area contributed by atoms with Crippen LogP contribution in [-0.2, 0) is 17.1 Å². The van der Waals surface area contributed by atoms with E-state index in [0.717, 1.165) is 11.1 Å². The van der Waals surface area contributed by atoms with Crippen LogP contribution in [0.3, 0.4) is 0 Å². The van der Waals surface area contributed by atoms with Crippen molar-refractivity contribution >= 4 is 11.9 Å². The largest absolute Gasteiger partial charge is 0.478 e. The fraction of sp³-hybridized carbons (Fsp3) is 0. The fourth-order valence-corrected chi connectivity index (χ4v) is 1.61. The summed E-state index contributed by atoms with van der Waals surface area (Å²) in [5.41, 5.74) is 2.13. The predicted molar refractivity (Wildman–Crippen MR) is 65.8 cm³/mol. The summed E-state index contributed by atoms with van der Waals surface area (Å²) in [7, 11) is 0. The molecule has 2 rings (SSSR count). The second-order valence-electron chi connectivity index (χ2n) is 3.77. The Bertz CT molecular complexity index is 532. The molecule has 19 heavy (non-hydrogen) atoms. The molecule has 0 fully saturated rings. The normalized spacial score (nSPS) is 9.47. The van der Waals surface area contributed by atoms with Gasteiger partial charge >= 0.3 is 11.9 Å². The summed E-state index contributed by atoms with van der Waals surface area (Å²) in [6, 6.07) is 12.8. The number of rotatable bonds is 3. The van der Waals surface area contributed by atoms with Crippen molar-refractivity contribution in [3.8, 4) is 11.1 Å². The fourth-order valence-electron chi connectivity index (χ4n) is 1.61. The summed E-state index contributed by atoms with van der Waals surface area (Å²) in [6.07, 6.45) is 0. The Morgan fingerprint density at radius 2 is 0.895 bits per heavy atom. The van der Waals surface area contributed by atoms with Crippen molar-refractivity contribution in [1.82, 2.24) is 0 Å². The first-order chi connectivity index (χ1) is 8.58. The molecule has 0 amide bonds. The van der Waals surface area contributed by atoms with Gasteiger partial charge in [-0.15, -0.1) is 0 Å². The van der Waals surface area contributed by atoms with Gasteiger partial charge in [-0.05, 0) is 35.4 Å². The van der Waals surface area contributed by atoms with Crippen LogP contribution in [0.25, 0.3) is 11.1 Å². The number of hydrogen-bond donors (Lipinski definition) is 2. The van der Waals surface area contributed by atoms with Gasteiger partial charge in [0.1, 0.15) is 0 Å². The van der Waals surface area contributed by atoms with E-state index in [1.807, 2.05) is 0 Å². The van der Waals surface area contributed by atoms with Gasteiger partial charge in [0.25, 0.3) is 0 Å². The zero-order valence-corrected chi connectivity index (χ0v) is 10.9. The van der Waals surface area contributed by atoms with E-state index in [1.54, 1.807) is 24.3 Å². The quantitative estimate of drug-likeness (QED) is 0.854. The molecule has 5 heteroatoms. The van der Waals surface area contributed by atoms with Gasteiger partial charge in [-0.2, -0.15) is 0 Å². The molecule has 2 aromatic rings. The molecular weight excluding hydrogens is 287 g/mol. The average molecular weight is 297 g/mol. The van der Waals surface area contributed by atoms with E-state index in [4.69, 9.17) is 10.2 Å². The molecule has 4 nitrogen and oxygen atoms in total. The van der Waals surface area contributed by atoms with E-state index in [0.29, 0.717) is 0 Å². The molecule has 97 valence electrons. The topological polar surface area (TPSA) is 74.6 Å². The minimum Gasteiger partial charge on any atom is -0.478 e. The summed E-state index contributed by atoms with van der Waals surface area (Å²) in [5, 5.41) is 17.6. The summed E-state index contributed by atoms with van der Waals surface area (Å²) < 4.78 is 0. The van der Waals surface area contributed by atoms with Crippen LogP contribution in [0.1, 0.15) is 20.7 Å². The maximum absolute atomic E-state index is 10.7. The molecule has 1 radical (unpaired) electrons. The van der Waals surface area contributed by atoms with Crippen molar-refractivity contribution in [1.29, 1.82) is 0 Å². The smallest absolute Gasteiger partial charge is 0.335 e. The van der Waals surface area contributed by atoms with Crippen molar-refractivity contribution < 1.29 is 36.9 Å². The Balaban J connectivity index is 0.00000180. The molecular formula is C14H10MnO4. The third-order valence-electron chi connectivity index (χ3n) is 2.60. The molecule has 0 heterocycles. The molecule has 0 saturated heterocycles. The van der Waals surface area contributed by atoms with E-state index < -0.39 is 11.9 Å². The number of carbonyl (C=O) groups is 2. The first kappa shape index (κ1) is 15.0. The Hall–Kier alpha value is -2.10. The molecule has 0 spiro atoms. The predicted octanol–water partition coefficient (Wildman–Crippen LogP) is 2.75. The molecule has 0 bridgehead atoms. The summed E-state index contributed by atoms with van der Waals surface area (Å²) in [5.74, 6) is -1.94. The standard InChI is InChI=1S/C14H10O4.Mn/c15-13(16)11-5-1-9(2-6-11)10-3-7-12(8-4-10)14(17)18;/h1-8H,(H,15,16)(H,17,18);. The van der Waals surface area contributed by atoms with Crippen molar-refractivity contribution in [3.05, 3.63) is 59.7 Å². The van der Waals surface area contributed by atoms with Crippen molar-refractivity contribution in [2.24, 2.45) is 0 Å². The van der Waals surface area contributed by atoms with E-state index in [-0.39, 0.29) is 28.2 Å². The average Bonchev–Trinajstić information content (AvgIpc) is 2.39. The number of carboxylic acids is 2. The van der Waals surface area contributed by atoms with Crippen LogP contribution in [0.5, 0.6) is 0 Å². The molecule has 0 atom stereocenters. The zero-order chi connectivity index (χ0) is 13.1. The summed E-state index contributed by atoms with van der Waals surface area (Å²) >= 11 is 0. The number of carboxylic acid groups (broad SMARTS) is 2. The third-order valence-corrected chi connectivity index (χ3v) is 2.60. The molecule has 0 aromatic heterocycles. The number of benzene rings is 2. The van der Waals surface area contributed by atoms with Crippen molar-refractivity contribution in [2.45, 2.75) is 0 Å². The van der Waals surface area contributed by atoms with E-state index in [1.165, 1.54) is 24.3 Å². The van der Waals surface area contributed by atoms with Gasteiger partial charge in [0, 0.05) is 17.1 Å². The second-order valence-corrected chi connectivity index (χ2v) is 3.77. The maximum atomic E-state index is 10.7. The van der Waals surface area contributed by atoms with Gasteiger partial charge in [-0.1, -0.05) is 24.3 Å². The van der Waals surface area contributed by atoms with Crippen LogP contribution >= 0.6 is 0 Å². The van der Waals surface area contributed by atoms with Crippen molar-refractivity contribution in [3.63, 3.8) is 0 Å². The molecule has 2 N–H and O–H groups in total. The van der Waals surface area contributed by atoms with Gasteiger partial charge in [0.05, 0.1) is 11.1 Å². The Morgan fingerprint density at radius 3 is 1.11 bits per heavy atom. The molecule has 0 aliphatic rings. The van der Waals surface area contributed by atoms with Gasteiger partial charge in [-0.25, -0.2) is 9.59 Å². The number of hydrogen-bond acceptors (Lipinski definition) is 2. The molecule has 0 aliphatic heterocycles. The SMILES string of the molecule is O=C(O)c1ccc(-c2ccc(C(=O)O)cc2)cc1.[Mn]. The monoisotopic (exact) mass is 297 g/mol. The minimum absolute atomic E-state index is 0.